The molecular formula is C8H13BO3. The molecule has 1 fully saturated rings. The minimum atomic E-state index is -0.741. The normalized spacial score (nSPS) is 29.0. The van der Waals surface area contributed by atoms with Gasteiger partial charge in [0.15, 0.2) is 0 Å². The Morgan fingerprint density at radius 1 is 1.67 bits per heavy atom. The van der Waals surface area contributed by atoms with Gasteiger partial charge in [0.2, 0.25) is 0 Å². The lowest BCUT2D eigenvalue weighted by Crippen LogP contribution is -2.23. The first-order chi connectivity index (χ1) is 5.75. The van der Waals surface area contributed by atoms with Crippen molar-refractivity contribution in [3.8, 4) is 0 Å². The van der Waals surface area contributed by atoms with E-state index in [2.05, 4.69) is 0 Å². The van der Waals surface area contributed by atoms with Crippen molar-refractivity contribution in [2.75, 3.05) is 6.61 Å². The van der Waals surface area contributed by atoms with Crippen molar-refractivity contribution in [1.29, 1.82) is 0 Å². The van der Waals surface area contributed by atoms with Gasteiger partial charge in [-0.05, 0) is 12.8 Å². The van der Waals surface area contributed by atoms with Gasteiger partial charge in [-0.25, -0.2) is 0 Å². The fourth-order valence-corrected chi connectivity index (χ4v) is 1.53. The molecule has 2 radical (unpaired) electrons. The molecule has 0 bridgehead atoms. The molecule has 12 heavy (non-hydrogen) atoms. The van der Waals surface area contributed by atoms with Gasteiger partial charge in [0.1, 0.15) is 0 Å². The van der Waals surface area contributed by atoms with Gasteiger partial charge in [-0.2, -0.15) is 0 Å². The summed E-state index contributed by atoms with van der Waals surface area (Å²) in [6.45, 7) is 0.576. The molecule has 1 heterocycles. The van der Waals surface area contributed by atoms with E-state index in [0.29, 0.717) is 19.3 Å². The van der Waals surface area contributed by atoms with Crippen molar-refractivity contribution in [3.05, 3.63) is 0 Å². The second-order valence-corrected chi connectivity index (χ2v) is 3.07. The van der Waals surface area contributed by atoms with E-state index < -0.39 is 5.97 Å². The summed E-state index contributed by atoms with van der Waals surface area (Å²) in [4.78, 5) is 10.7. The molecule has 3 nitrogen and oxygen atoms in total. The van der Waals surface area contributed by atoms with Crippen LogP contribution in [0.1, 0.15) is 19.3 Å². The molecule has 1 saturated heterocycles. The molecule has 1 rings (SSSR count). The van der Waals surface area contributed by atoms with E-state index in [9.17, 15) is 4.79 Å². The second-order valence-electron chi connectivity index (χ2n) is 3.07. The maximum absolute atomic E-state index is 10.7. The topological polar surface area (TPSA) is 46.5 Å². The van der Waals surface area contributed by atoms with Crippen LogP contribution in [0.4, 0.5) is 0 Å². The van der Waals surface area contributed by atoms with Gasteiger partial charge in [0.05, 0.1) is 19.9 Å². The standard InChI is InChI=1S/C8H13BO3/c9-4-1-2-7-6(8(10)11)3-5-12-7/h6-7H,1-5H2,(H,10,11)/t6-,7-/m1/s1. The van der Waals surface area contributed by atoms with Gasteiger partial charge in [0.25, 0.3) is 0 Å². The zero-order chi connectivity index (χ0) is 8.97. The van der Waals surface area contributed by atoms with Gasteiger partial charge in [0, 0.05) is 6.61 Å². The largest absolute Gasteiger partial charge is 0.481 e. The fraction of sp³-hybridized carbons (Fsp3) is 0.875. The van der Waals surface area contributed by atoms with Crippen LogP contribution in [-0.4, -0.2) is 31.6 Å². The summed E-state index contributed by atoms with van der Waals surface area (Å²) in [5, 5.41) is 8.77. The smallest absolute Gasteiger partial charge is 0.309 e. The number of hydrogen-bond donors (Lipinski definition) is 1. The van der Waals surface area contributed by atoms with Crippen molar-refractivity contribution in [2.45, 2.75) is 31.7 Å². The van der Waals surface area contributed by atoms with Crippen molar-refractivity contribution < 1.29 is 14.6 Å². The van der Waals surface area contributed by atoms with Crippen LogP contribution in [0, 0.1) is 5.92 Å². The Bertz CT molecular complexity index is 160. The lowest BCUT2D eigenvalue weighted by atomic mass is 9.93. The number of carboxylic acids is 1. The number of carbonyl (C=O) groups is 1. The Hall–Kier alpha value is -0.505. The molecule has 1 aliphatic heterocycles. The van der Waals surface area contributed by atoms with Gasteiger partial charge in [-0.3, -0.25) is 4.79 Å². The van der Waals surface area contributed by atoms with Crippen molar-refractivity contribution in [2.24, 2.45) is 5.92 Å². The molecule has 0 aromatic carbocycles. The highest BCUT2D eigenvalue weighted by molar-refractivity contribution is 6.08. The predicted molar refractivity (Wildman–Crippen MR) is 45.3 cm³/mol. The van der Waals surface area contributed by atoms with Crippen LogP contribution in [0.2, 0.25) is 6.32 Å². The molecule has 0 amide bonds. The van der Waals surface area contributed by atoms with Gasteiger partial charge in [-0.1, -0.05) is 12.7 Å². The van der Waals surface area contributed by atoms with Crippen LogP contribution < -0.4 is 0 Å². The molecule has 0 aromatic heterocycles. The molecule has 0 unspecified atom stereocenters. The van der Waals surface area contributed by atoms with Crippen LogP contribution in [0.3, 0.4) is 0 Å². The zero-order valence-electron chi connectivity index (χ0n) is 7.03. The lowest BCUT2D eigenvalue weighted by molar-refractivity contribution is -0.143. The number of hydrogen-bond acceptors (Lipinski definition) is 2. The molecule has 2 atom stereocenters. The molecule has 0 saturated carbocycles. The van der Waals surface area contributed by atoms with E-state index in [4.69, 9.17) is 17.7 Å². The van der Waals surface area contributed by atoms with Crippen molar-refractivity contribution in [1.82, 2.24) is 0 Å². The molecule has 0 spiro atoms. The quantitative estimate of drug-likeness (QED) is 0.632. The van der Waals surface area contributed by atoms with E-state index in [1.54, 1.807) is 0 Å². The zero-order valence-corrected chi connectivity index (χ0v) is 7.03. The number of aliphatic carboxylic acids is 1. The van der Waals surface area contributed by atoms with E-state index in [-0.39, 0.29) is 12.0 Å². The number of rotatable bonds is 4. The third kappa shape index (κ3) is 2.24. The summed E-state index contributed by atoms with van der Waals surface area (Å²) < 4.78 is 5.29. The van der Waals surface area contributed by atoms with Crippen LogP contribution in [-0.2, 0) is 9.53 Å². The molecule has 1 aliphatic rings. The third-order valence-corrected chi connectivity index (χ3v) is 2.22. The summed E-state index contributed by atoms with van der Waals surface area (Å²) in [5.74, 6) is -1.05. The van der Waals surface area contributed by atoms with Crippen molar-refractivity contribution in [3.63, 3.8) is 0 Å². The molecule has 0 aliphatic carbocycles. The summed E-state index contributed by atoms with van der Waals surface area (Å²) in [6.07, 6.45) is 2.75. The molecular weight excluding hydrogens is 155 g/mol. The average molecular weight is 168 g/mol. The number of carboxylic acid groups (broad SMARTS) is 1. The minimum Gasteiger partial charge on any atom is -0.481 e. The van der Waals surface area contributed by atoms with Crippen LogP contribution in [0.15, 0.2) is 0 Å². The van der Waals surface area contributed by atoms with Gasteiger partial charge >= 0.3 is 5.97 Å². The maximum Gasteiger partial charge on any atom is 0.309 e. The highest BCUT2D eigenvalue weighted by atomic mass is 16.5. The average Bonchev–Trinajstić information content (AvgIpc) is 2.48. The Kier molecular flexibility index (Phi) is 3.60. The molecule has 4 heteroatoms. The van der Waals surface area contributed by atoms with E-state index in [0.717, 1.165) is 12.8 Å². The first kappa shape index (κ1) is 9.58. The monoisotopic (exact) mass is 168 g/mol. The van der Waals surface area contributed by atoms with Crippen molar-refractivity contribution >= 4 is 13.8 Å². The summed E-state index contributed by atoms with van der Waals surface area (Å²) in [5.41, 5.74) is 0. The summed E-state index contributed by atoms with van der Waals surface area (Å²) in [6, 6.07) is 0. The van der Waals surface area contributed by atoms with Gasteiger partial charge in [-0.15, -0.1) is 0 Å². The second kappa shape index (κ2) is 4.50. The number of ether oxygens (including phenoxy) is 1. The molecule has 66 valence electrons. The van der Waals surface area contributed by atoms with E-state index in [1.165, 1.54) is 0 Å². The first-order valence-electron chi connectivity index (χ1n) is 4.30. The van der Waals surface area contributed by atoms with E-state index in [1.807, 2.05) is 0 Å². The Morgan fingerprint density at radius 3 is 3.00 bits per heavy atom. The minimum absolute atomic E-state index is 0.106. The Morgan fingerprint density at radius 2 is 2.42 bits per heavy atom. The summed E-state index contributed by atoms with van der Waals surface area (Å²) >= 11 is 0. The summed E-state index contributed by atoms with van der Waals surface area (Å²) in [7, 11) is 5.33. The lowest BCUT2D eigenvalue weighted by Gasteiger charge is -2.13. The SMILES string of the molecule is [B]CCC[C@H]1OCC[C@H]1C(=O)O. The van der Waals surface area contributed by atoms with Gasteiger partial charge < -0.3 is 9.84 Å². The molecule has 0 aromatic rings. The maximum atomic E-state index is 10.7. The van der Waals surface area contributed by atoms with Crippen LogP contribution >= 0.6 is 0 Å². The first-order valence-corrected chi connectivity index (χ1v) is 4.30. The predicted octanol–water partition coefficient (Wildman–Crippen LogP) is 0.843. The molecule has 1 N–H and O–H groups in total. The highest BCUT2D eigenvalue weighted by Gasteiger charge is 2.33. The third-order valence-electron chi connectivity index (χ3n) is 2.22. The fourth-order valence-electron chi connectivity index (χ4n) is 1.53. The Balaban J connectivity index is 2.35. The highest BCUT2D eigenvalue weighted by Crippen LogP contribution is 2.24. The van der Waals surface area contributed by atoms with Crippen LogP contribution in [0.5, 0.6) is 0 Å². The van der Waals surface area contributed by atoms with Crippen LogP contribution in [0.25, 0.3) is 0 Å². The van der Waals surface area contributed by atoms with E-state index >= 15 is 0 Å². The Labute approximate surface area is 73.5 Å².